The number of H-pyrrole nitrogens is 1. The SMILES string of the molecule is CN(CCc1ccncc1)Cc1sc(=O)[nH]c1-c1cccs1. The van der Waals surface area contributed by atoms with Gasteiger partial charge in [-0.05, 0) is 42.6 Å². The lowest BCUT2D eigenvalue weighted by Crippen LogP contribution is -2.20. The van der Waals surface area contributed by atoms with E-state index in [9.17, 15) is 4.79 Å². The molecule has 0 saturated heterocycles. The van der Waals surface area contributed by atoms with E-state index in [4.69, 9.17) is 0 Å². The van der Waals surface area contributed by atoms with Gasteiger partial charge in [-0.1, -0.05) is 17.4 Å². The molecule has 0 bridgehead atoms. The van der Waals surface area contributed by atoms with Crippen LogP contribution < -0.4 is 4.87 Å². The number of nitrogens with one attached hydrogen (secondary N) is 1. The predicted octanol–water partition coefficient (Wildman–Crippen LogP) is 3.23. The molecule has 0 aliphatic rings. The van der Waals surface area contributed by atoms with E-state index < -0.39 is 0 Å². The molecule has 22 heavy (non-hydrogen) atoms. The van der Waals surface area contributed by atoms with Crippen molar-refractivity contribution in [2.75, 3.05) is 13.6 Å². The molecule has 0 atom stereocenters. The molecule has 0 aliphatic heterocycles. The van der Waals surface area contributed by atoms with E-state index in [0.717, 1.165) is 35.0 Å². The smallest absolute Gasteiger partial charge is 0.305 e. The van der Waals surface area contributed by atoms with Crippen LogP contribution in [0, 0.1) is 0 Å². The van der Waals surface area contributed by atoms with Crippen LogP contribution in [-0.2, 0) is 13.0 Å². The number of thiophene rings is 1. The average molecular weight is 331 g/mol. The van der Waals surface area contributed by atoms with Crippen molar-refractivity contribution >= 4 is 22.7 Å². The van der Waals surface area contributed by atoms with Crippen LogP contribution in [0.2, 0.25) is 0 Å². The highest BCUT2D eigenvalue weighted by molar-refractivity contribution is 7.14. The first-order chi connectivity index (χ1) is 10.7. The fourth-order valence-electron chi connectivity index (χ4n) is 2.28. The maximum atomic E-state index is 11.7. The predicted molar refractivity (Wildman–Crippen MR) is 92.5 cm³/mol. The number of nitrogens with zero attached hydrogens (tertiary/aromatic N) is 2. The van der Waals surface area contributed by atoms with E-state index in [1.165, 1.54) is 16.9 Å². The van der Waals surface area contributed by atoms with Gasteiger partial charge in [-0.25, -0.2) is 0 Å². The molecule has 0 radical (unpaired) electrons. The van der Waals surface area contributed by atoms with Crippen LogP contribution in [-0.4, -0.2) is 28.5 Å². The van der Waals surface area contributed by atoms with Crippen LogP contribution in [0.25, 0.3) is 10.6 Å². The number of aromatic nitrogens is 2. The second kappa shape index (κ2) is 7.00. The fourth-order valence-corrected chi connectivity index (χ4v) is 4.03. The van der Waals surface area contributed by atoms with Gasteiger partial charge >= 0.3 is 4.87 Å². The Hall–Kier alpha value is -1.76. The third-order valence-electron chi connectivity index (χ3n) is 3.43. The molecule has 4 nitrogen and oxygen atoms in total. The standard InChI is InChI=1S/C16H17N3OS2/c1-19(9-6-12-4-7-17-8-5-12)11-14-15(18-16(20)22-14)13-3-2-10-21-13/h2-5,7-8,10H,6,9,11H2,1H3,(H,18,20). The highest BCUT2D eigenvalue weighted by Gasteiger charge is 2.13. The van der Waals surface area contributed by atoms with E-state index >= 15 is 0 Å². The summed E-state index contributed by atoms with van der Waals surface area (Å²) < 4.78 is 0. The molecular weight excluding hydrogens is 314 g/mol. The topological polar surface area (TPSA) is 49.0 Å². The van der Waals surface area contributed by atoms with Gasteiger partial charge < -0.3 is 9.88 Å². The molecule has 0 fully saturated rings. The molecule has 0 spiro atoms. The minimum absolute atomic E-state index is 0.0148. The van der Waals surface area contributed by atoms with Gasteiger partial charge in [0, 0.05) is 30.4 Å². The highest BCUT2D eigenvalue weighted by Crippen LogP contribution is 2.28. The van der Waals surface area contributed by atoms with Crippen LogP contribution >= 0.6 is 22.7 Å². The first-order valence-electron chi connectivity index (χ1n) is 7.05. The summed E-state index contributed by atoms with van der Waals surface area (Å²) >= 11 is 2.96. The largest absolute Gasteiger partial charge is 0.311 e. The van der Waals surface area contributed by atoms with Gasteiger partial charge in [-0.15, -0.1) is 11.3 Å². The molecular formula is C16H17N3OS2. The molecule has 0 saturated carbocycles. The lowest BCUT2D eigenvalue weighted by Gasteiger charge is -2.16. The van der Waals surface area contributed by atoms with E-state index in [2.05, 4.69) is 21.9 Å². The third kappa shape index (κ3) is 3.71. The van der Waals surface area contributed by atoms with Crippen LogP contribution in [0.5, 0.6) is 0 Å². The monoisotopic (exact) mass is 331 g/mol. The van der Waals surface area contributed by atoms with Gasteiger partial charge in [-0.2, -0.15) is 0 Å². The first kappa shape index (κ1) is 15.1. The Kier molecular flexibility index (Phi) is 4.82. The average Bonchev–Trinajstić information content (AvgIpc) is 3.16. The Morgan fingerprint density at radius 3 is 2.82 bits per heavy atom. The van der Waals surface area contributed by atoms with Crippen molar-refractivity contribution < 1.29 is 0 Å². The number of rotatable bonds is 6. The summed E-state index contributed by atoms with van der Waals surface area (Å²) in [5.74, 6) is 0. The lowest BCUT2D eigenvalue weighted by atomic mass is 10.2. The number of aromatic amines is 1. The van der Waals surface area contributed by atoms with Crippen molar-refractivity contribution in [2.45, 2.75) is 13.0 Å². The van der Waals surface area contributed by atoms with Crippen molar-refractivity contribution in [1.82, 2.24) is 14.9 Å². The summed E-state index contributed by atoms with van der Waals surface area (Å²) in [4.78, 5) is 23.2. The quantitative estimate of drug-likeness (QED) is 0.754. The maximum absolute atomic E-state index is 11.7. The van der Waals surface area contributed by atoms with Crippen molar-refractivity contribution in [3.63, 3.8) is 0 Å². The Labute approximate surface area is 137 Å². The summed E-state index contributed by atoms with van der Waals surface area (Å²) in [5.41, 5.74) is 2.25. The molecule has 114 valence electrons. The summed E-state index contributed by atoms with van der Waals surface area (Å²) in [6.45, 7) is 1.72. The van der Waals surface area contributed by atoms with Gasteiger partial charge in [0.2, 0.25) is 0 Å². The van der Waals surface area contributed by atoms with Gasteiger partial charge in [0.1, 0.15) is 0 Å². The summed E-state index contributed by atoms with van der Waals surface area (Å²) in [7, 11) is 2.09. The lowest BCUT2D eigenvalue weighted by molar-refractivity contribution is 0.334. The molecule has 0 amide bonds. The van der Waals surface area contributed by atoms with Gasteiger partial charge in [0.15, 0.2) is 0 Å². The fraction of sp³-hybridized carbons (Fsp3) is 0.250. The molecule has 3 heterocycles. The molecule has 6 heteroatoms. The molecule has 0 unspecified atom stereocenters. The van der Waals surface area contributed by atoms with Crippen molar-refractivity contribution in [2.24, 2.45) is 0 Å². The van der Waals surface area contributed by atoms with Crippen molar-refractivity contribution in [1.29, 1.82) is 0 Å². The first-order valence-corrected chi connectivity index (χ1v) is 8.75. The minimum Gasteiger partial charge on any atom is -0.311 e. The number of thiazole rings is 1. The molecule has 3 rings (SSSR count). The Morgan fingerprint density at radius 2 is 2.09 bits per heavy atom. The van der Waals surface area contributed by atoms with Crippen molar-refractivity contribution in [3.8, 4) is 10.6 Å². The van der Waals surface area contributed by atoms with E-state index in [0.29, 0.717) is 0 Å². The molecule has 3 aromatic rings. The van der Waals surface area contributed by atoms with Crippen molar-refractivity contribution in [3.05, 3.63) is 62.1 Å². The summed E-state index contributed by atoms with van der Waals surface area (Å²) in [6, 6.07) is 8.13. The van der Waals surface area contributed by atoms with Gasteiger partial charge in [0.25, 0.3) is 0 Å². The zero-order chi connectivity index (χ0) is 15.4. The highest BCUT2D eigenvalue weighted by atomic mass is 32.1. The van der Waals surface area contributed by atoms with E-state index in [1.54, 1.807) is 11.3 Å². The third-order valence-corrected chi connectivity index (χ3v) is 5.19. The second-order valence-electron chi connectivity index (χ2n) is 5.13. The number of pyridine rings is 1. The zero-order valence-corrected chi connectivity index (χ0v) is 13.9. The molecule has 0 aromatic carbocycles. The summed E-state index contributed by atoms with van der Waals surface area (Å²) in [5, 5.41) is 2.03. The van der Waals surface area contributed by atoms with E-state index in [-0.39, 0.29) is 4.87 Å². The van der Waals surface area contributed by atoms with Gasteiger partial charge in [-0.3, -0.25) is 9.78 Å². The minimum atomic E-state index is 0.0148. The Balaban J connectivity index is 1.67. The number of hydrogen-bond acceptors (Lipinski definition) is 5. The Morgan fingerprint density at radius 1 is 1.27 bits per heavy atom. The summed E-state index contributed by atoms with van der Waals surface area (Å²) in [6.07, 6.45) is 4.62. The Bertz CT molecular complexity index is 762. The van der Waals surface area contributed by atoms with Crippen LogP contribution in [0.4, 0.5) is 0 Å². The zero-order valence-electron chi connectivity index (χ0n) is 12.3. The van der Waals surface area contributed by atoms with Crippen LogP contribution in [0.3, 0.4) is 0 Å². The second-order valence-corrected chi connectivity index (χ2v) is 7.15. The molecule has 3 aromatic heterocycles. The van der Waals surface area contributed by atoms with Crippen LogP contribution in [0.1, 0.15) is 10.4 Å². The number of hydrogen-bond donors (Lipinski definition) is 1. The number of likely N-dealkylation sites (N-methyl/N-ethyl adjacent to an activating group) is 1. The molecule has 0 aliphatic carbocycles. The van der Waals surface area contributed by atoms with Crippen LogP contribution in [0.15, 0.2) is 46.8 Å². The van der Waals surface area contributed by atoms with Gasteiger partial charge in [0.05, 0.1) is 10.6 Å². The molecule has 1 N–H and O–H groups in total. The normalized spacial score (nSPS) is 11.2. The maximum Gasteiger partial charge on any atom is 0.305 e. The van der Waals surface area contributed by atoms with E-state index in [1.807, 2.05) is 42.0 Å².